The van der Waals surface area contributed by atoms with Crippen molar-refractivity contribution in [2.75, 3.05) is 0 Å². The SMILES string of the molecule is O=Cc1cccc(-c2nc3ccccc3s2)c1. The number of fused-ring (bicyclic) bond motifs is 1. The summed E-state index contributed by atoms with van der Waals surface area (Å²) in [5.74, 6) is 0. The van der Waals surface area contributed by atoms with Crippen molar-refractivity contribution < 1.29 is 4.79 Å². The minimum atomic E-state index is 0.682. The molecule has 3 aromatic rings. The van der Waals surface area contributed by atoms with Crippen LogP contribution in [0.15, 0.2) is 48.5 Å². The second kappa shape index (κ2) is 4.11. The van der Waals surface area contributed by atoms with E-state index in [-0.39, 0.29) is 0 Å². The van der Waals surface area contributed by atoms with E-state index in [4.69, 9.17) is 0 Å². The molecular formula is C14H9NOS. The lowest BCUT2D eigenvalue weighted by molar-refractivity contribution is 0.112. The average molecular weight is 239 g/mol. The van der Waals surface area contributed by atoms with Gasteiger partial charge in [-0.3, -0.25) is 4.79 Å². The molecule has 3 rings (SSSR count). The molecule has 17 heavy (non-hydrogen) atoms. The normalized spacial score (nSPS) is 10.6. The van der Waals surface area contributed by atoms with Gasteiger partial charge in [-0.2, -0.15) is 0 Å². The third-order valence-electron chi connectivity index (χ3n) is 2.56. The van der Waals surface area contributed by atoms with Crippen molar-refractivity contribution in [3.63, 3.8) is 0 Å². The smallest absolute Gasteiger partial charge is 0.150 e. The predicted octanol–water partition coefficient (Wildman–Crippen LogP) is 3.78. The first kappa shape index (κ1) is 10.2. The van der Waals surface area contributed by atoms with Crippen molar-refractivity contribution in [2.24, 2.45) is 0 Å². The first-order chi connectivity index (χ1) is 8.36. The molecule has 0 radical (unpaired) electrons. The van der Waals surface area contributed by atoms with Crippen molar-refractivity contribution >= 4 is 27.8 Å². The topological polar surface area (TPSA) is 30.0 Å². The lowest BCUT2D eigenvalue weighted by Gasteiger charge is -1.96. The predicted molar refractivity (Wildman–Crippen MR) is 70.4 cm³/mol. The molecule has 2 aromatic carbocycles. The molecule has 1 aromatic heterocycles. The van der Waals surface area contributed by atoms with Gasteiger partial charge in [-0.1, -0.05) is 30.3 Å². The Bertz CT molecular complexity index is 654. The Labute approximate surface area is 103 Å². The van der Waals surface area contributed by atoms with Crippen molar-refractivity contribution in [3.8, 4) is 10.6 Å². The first-order valence-electron chi connectivity index (χ1n) is 5.28. The maximum absolute atomic E-state index is 10.7. The molecule has 0 bridgehead atoms. The third kappa shape index (κ3) is 1.85. The van der Waals surface area contributed by atoms with Crippen molar-refractivity contribution in [3.05, 3.63) is 54.1 Å². The minimum absolute atomic E-state index is 0.682. The highest BCUT2D eigenvalue weighted by Crippen LogP contribution is 2.29. The van der Waals surface area contributed by atoms with Crippen LogP contribution in [0.3, 0.4) is 0 Å². The van der Waals surface area contributed by atoms with Crippen LogP contribution < -0.4 is 0 Å². The quantitative estimate of drug-likeness (QED) is 0.637. The van der Waals surface area contributed by atoms with E-state index in [1.807, 2.05) is 36.4 Å². The molecule has 0 aliphatic rings. The average Bonchev–Trinajstić information content (AvgIpc) is 2.82. The van der Waals surface area contributed by atoms with Crippen LogP contribution in [0.4, 0.5) is 0 Å². The van der Waals surface area contributed by atoms with Gasteiger partial charge in [0.05, 0.1) is 10.2 Å². The largest absolute Gasteiger partial charge is 0.298 e. The Balaban J connectivity index is 2.16. The fourth-order valence-corrected chi connectivity index (χ4v) is 2.70. The number of carbonyl (C=O) groups is 1. The monoisotopic (exact) mass is 239 g/mol. The summed E-state index contributed by atoms with van der Waals surface area (Å²) in [6.07, 6.45) is 0.858. The molecule has 0 spiro atoms. The summed E-state index contributed by atoms with van der Waals surface area (Å²) in [4.78, 5) is 15.3. The van der Waals surface area contributed by atoms with E-state index in [0.717, 1.165) is 22.4 Å². The van der Waals surface area contributed by atoms with Gasteiger partial charge in [0.25, 0.3) is 0 Å². The van der Waals surface area contributed by atoms with Gasteiger partial charge in [0.1, 0.15) is 11.3 Å². The number of aromatic nitrogens is 1. The molecule has 0 aliphatic carbocycles. The van der Waals surface area contributed by atoms with Crippen LogP contribution in [0.1, 0.15) is 10.4 Å². The van der Waals surface area contributed by atoms with Gasteiger partial charge >= 0.3 is 0 Å². The van der Waals surface area contributed by atoms with Gasteiger partial charge in [0.2, 0.25) is 0 Å². The molecule has 0 atom stereocenters. The molecule has 2 nitrogen and oxygen atoms in total. The number of nitrogens with zero attached hydrogens (tertiary/aromatic N) is 1. The Morgan fingerprint density at radius 3 is 2.76 bits per heavy atom. The highest BCUT2D eigenvalue weighted by atomic mass is 32.1. The molecule has 1 heterocycles. The second-order valence-electron chi connectivity index (χ2n) is 3.73. The van der Waals surface area contributed by atoms with Crippen LogP contribution in [0.2, 0.25) is 0 Å². The zero-order valence-electron chi connectivity index (χ0n) is 8.96. The fraction of sp³-hybridized carbons (Fsp3) is 0. The molecule has 0 fully saturated rings. The molecule has 0 unspecified atom stereocenters. The molecule has 3 heteroatoms. The highest BCUT2D eigenvalue weighted by molar-refractivity contribution is 7.21. The van der Waals surface area contributed by atoms with Gasteiger partial charge in [0.15, 0.2) is 0 Å². The Hall–Kier alpha value is -2.00. The van der Waals surface area contributed by atoms with E-state index in [9.17, 15) is 4.79 Å². The van der Waals surface area contributed by atoms with E-state index in [0.29, 0.717) is 5.56 Å². The number of hydrogen-bond acceptors (Lipinski definition) is 3. The van der Waals surface area contributed by atoms with E-state index in [1.165, 1.54) is 4.70 Å². The number of hydrogen-bond donors (Lipinski definition) is 0. The molecule has 82 valence electrons. The number of thiazole rings is 1. The number of benzene rings is 2. The third-order valence-corrected chi connectivity index (χ3v) is 3.65. The maximum Gasteiger partial charge on any atom is 0.150 e. The maximum atomic E-state index is 10.7. The fourth-order valence-electron chi connectivity index (χ4n) is 1.74. The second-order valence-corrected chi connectivity index (χ2v) is 4.76. The first-order valence-corrected chi connectivity index (χ1v) is 6.10. The number of rotatable bonds is 2. The van der Waals surface area contributed by atoms with Gasteiger partial charge in [0, 0.05) is 11.1 Å². The van der Waals surface area contributed by atoms with Crippen molar-refractivity contribution in [2.45, 2.75) is 0 Å². The summed E-state index contributed by atoms with van der Waals surface area (Å²) in [7, 11) is 0. The van der Waals surface area contributed by atoms with Crippen molar-refractivity contribution in [1.29, 1.82) is 0 Å². The van der Waals surface area contributed by atoms with E-state index >= 15 is 0 Å². The van der Waals surface area contributed by atoms with Gasteiger partial charge in [-0.25, -0.2) is 4.98 Å². The van der Waals surface area contributed by atoms with Crippen LogP contribution in [0.5, 0.6) is 0 Å². The summed E-state index contributed by atoms with van der Waals surface area (Å²) in [6.45, 7) is 0. The molecule has 0 amide bonds. The van der Waals surface area contributed by atoms with Crippen LogP contribution in [-0.4, -0.2) is 11.3 Å². The Kier molecular flexibility index (Phi) is 2.46. The minimum Gasteiger partial charge on any atom is -0.298 e. The summed E-state index contributed by atoms with van der Waals surface area (Å²) < 4.78 is 1.17. The van der Waals surface area contributed by atoms with E-state index < -0.39 is 0 Å². The molecule has 0 saturated carbocycles. The highest BCUT2D eigenvalue weighted by Gasteiger charge is 2.05. The Morgan fingerprint density at radius 2 is 1.94 bits per heavy atom. The molecule has 0 aliphatic heterocycles. The van der Waals surface area contributed by atoms with Gasteiger partial charge in [-0.15, -0.1) is 11.3 Å². The Morgan fingerprint density at radius 1 is 1.06 bits per heavy atom. The van der Waals surface area contributed by atoms with Gasteiger partial charge in [-0.05, 0) is 18.2 Å². The zero-order valence-corrected chi connectivity index (χ0v) is 9.78. The molecule has 0 saturated heterocycles. The lowest BCUT2D eigenvalue weighted by atomic mass is 10.1. The van der Waals surface area contributed by atoms with Crippen LogP contribution in [0, 0.1) is 0 Å². The summed E-state index contributed by atoms with van der Waals surface area (Å²) in [5, 5.41) is 0.954. The van der Waals surface area contributed by atoms with Crippen molar-refractivity contribution in [1.82, 2.24) is 4.98 Å². The lowest BCUT2D eigenvalue weighted by Crippen LogP contribution is -1.81. The standard InChI is InChI=1S/C14H9NOS/c16-9-10-4-3-5-11(8-10)14-15-12-6-1-2-7-13(12)17-14/h1-9H. The van der Waals surface area contributed by atoms with E-state index in [2.05, 4.69) is 11.1 Å². The van der Waals surface area contributed by atoms with E-state index in [1.54, 1.807) is 17.4 Å². The number of aldehydes is 1. The molecular weight excluding hydrogens is 230 g/mol. The number of carbonyl (C=O) groups excluding carboxylic acids is 1. The molecule has 0 N–H and O–H groups in total. The summed E-state index contributed by atoms with van der Waals surface area (Å²) in [5.41, 5.74) is 2.68. The zero-order chi connectivity index (χ0) is 11.7. The number of para-hydroxylation sites is 1. The van der Waals surface area contributed by atoms with Gasteiger partial charge < -0.3 is 0 Å². The van der Waals surface area contributed by atoms with Crippen LogP contribution in [-0.2, 0) is 0 Å². The summed E-state index contributed by atoms with van der Waals surface area (Å²) >= 11 is 1.64. The van der Waals surface area contributed by atoms with Crippen LogP contribution >= 0.6 is 11.3 Å². The van der Waals surface area contributed by atoms with Crippen LogP contribution in [0.25, 0.3) is 20.8 Å². The summed E-state index contributed by atoms with van der Waals surface area (Å²) in [6, 6.07) is 15.6.